The zero-order valence-electron chi connectivity index (χ0n) is 20.1. The standard InChI is InChI=1S/C24H29N7O5/c1-35-14-21(32)29-5-6-31-18(12-29)13-36-23-19(3-2-4-27-23)22(33)28-17-7-20(24(31)34)30(11-17)10-16-8-25-15-26-9-16/h2-4,8-9,15,17-18,20H,5-7,10-14H2,1H3,(H,28,33)/t17-,18-,20-/m0/s1. The number of carbonyl (C=O) groups is 3. The fourth-order valence-electron chi connectivity index (χ4n) is 5.12. The van der Waals surface area contributed by atoms with E-state index in [1.807, 2.05) is 4.90 Å². The maximum absolute atomic E-state index is 13.9. The van der Waals surface area contributed by atoms with E-state index in [9.17, 15) is 14.4 Å². The van der Waals surface area contributed by atoms with Crippen LogP contribution in [0.1, 0.15) is 22.3 Å². The van der Waals surface area contributed by atoms with Gasteiger partial charge in [-0.15, -0.1) is 0 Å². The minimum Gasteiger partial charge on any atom is -0.475 e. The molecule has 0 unspecified atom stereocenters. The van der Waals surface area contributed by atoms with Gasteiger partial charge in [0.1, 0.15) is 25.1 Å². The molecule has 2 aromatic rings. The molecule has 2 saturated heterocycles. The maximum Gasteiger partial charge on any atom is 0.257 e. The third-order valence-corrected chi connectivity index (χ3v) is 6.84. The van der Waals surface area contributed by atoms with Crippen molar-refractivity contribution in [1.29, 1.82) is 0 Å². The topological polar surface area (TPSA) is 130 Å². The Hall–Kier alpha value is -3.64. The van der Waals surface area contributed by atoms with Crippen LogP contribution in [-0.2, 0) is 20.9 Å². The summed E-state index contributed by atoms with van der Waals surface area (Å²) in [5, 5.41) is 3.06. The minimum absolute atomic E-state index is 0.0245. The number of aromatic nitrogens is 3. The van der Waals surface area contributed by atoms with Crippen LogP contribution in [0.3, 0.4) is 0 Å². The van der Waals surface area contributed by atoms with Crippen LogP contribution in [-0.4, -0.2) is 112 Å². The Balaban J connectivity index is 1.46. The summed E-state index contributed by atoms with van der Waals surface area (Å²) in [5.41, 5.74) is 1.22. The fourth-order valence-corrected chi connectivity index (χ4v) is 5.12. The average molecular weight is 496 g/mol. The highest BCUT2D eigenvalue weighted by molar-refractivity contribution is 5.96. The van der Waals surface area contributed by atoms with Crippen LogP contribution in [0.4, 0.5) is 0 Å². The SMILES string of the molecule is COCC(=O)N1CCN2C(=O)[C@@H]3C[C@@H](CN3Cc3cncnc3)NC(=O)c3cccnc3OC[C@@H]2C1. The van der Waals surface area contributed by atoms with Gasteiger partial charge >= 0.3 is 0 Å². The number of hydrogen-bond acceptors (Lipinski definition) is 9. The van der Waals surface area contributed by atoms with Crippen molar-refractivity contribution in [3.05, 3.63) is 48.2 Å². The number of hydrogen-bond donors (Lipinski definition) is 1. The number of piperazine rings is 1. The lowest BCUT2D eigenvalue weighted by Gasteiger charge is -2.43. The van der Waals surface area contributed by atoms with Crippen molar-refractivity contribution in [3.8, 4) is 5.88 Å². The summed E-state index contributed by atoms with van der Waals surface area (Å²) in [6.07, 6.45) is 6.96. The van der Waals surface area contributed by atoms with Crippen molar-refractivity contribution < 1.29 is 23.9 Å². The second kappa shape index (κ2) is 10.5. The van der Waals surface area contributed by atoms with E-state index in [0.29, 0.717) is 44.7 Å². The molecule has 3 amide bonds. The average Bonchev–Trinajstić information content (AvgIpc) is 3.29. The summed E-state index contributed by atoms with van der Waals surface area (Å²) in [5.74, 6) is -0.272. The number of ether oxygens (including phenoxy) is 2. The normalized spacial score (nSPS) is 24.6. The zero-order chi connectivity index (χ0) is 25.1. The van der Waals surface area contributed by atoms with E-state index in [0.717, 1.165) is 5.56 Å². The van der Waals surface area contributed by atoms with Gasteiger partial charge in [0.25, 0.3) is 5.91 Å². The van der Waals surface area contributed by atoms with Crippen molar-refractivity contribution >= 4 is 17.7 Å². The molecule has 12 nitrogen and oxygen atoms in total. The van der Waals surface area contributed by atoms with E-state index in [2.05, 4.69) is 25.2 Å². The summed E-state index contributed by atoms with van der Waals surface area (Å²) in [4.78, 5) is 57.6. The molecule has 0 aliphatic carbocycles. The van der Waals surface area contributed by atoms with Gasteiger partial charge in [-0.1, -0.05) is 0 Å². The van der Waals surface area contributed by atoms with Crippen LogP contribution in [0, 0.1) is 0 Å². The van der Waals surface area contributed by atoms with Crippen molar-refractivity contribution in [1.82, 2.24) is 35.0 Å². The molecule has 3 atom stereocenters. The summed E-state index contributed by atoms with van der Waals surface area (Å²) in [6, 6.07) is 2.30. The second-order valence-electron chi connectivity index (χ2n) is 9.22. The number of nitrogens with zero attached hydrogens (tertiary/aromatic N) is 6. The summed E-state index contributed by atoms with van der Waals surface area (Å²) in [7, 11) is 1.48. The molecule has 0 spiro atoms. The Morgan fingerprint density at radius 3 is 2.86 bits per heavy atom. The Labute approximate surface area is 208 Å². The predicted molar refractivity (Wildman–Crippen MR) is 126 cm³/mol. The molecule has 0 aromatic carbocycles. The maximum atomic E-state index is 13.9. The number of fused-ring (bicyclic) bond motifs is 4. The Morgan fingerprint density at radius 2 is 2.06 bits per heavy atom. The molecular weight excluding hydrogens is 466 g/mol. The quantitative estimate of drug-likeness (QED) is 0.586. The fraction of sp³-hybridized carbons (Fsp3) is 0.500. The molecule has 36 heavy (non-hydrogen) atoms. The molecule has 2 fully saturated rings. The molecule has 12 heteroatoms. The monoisotopic (exact) mass is 495 g/mol. The Bertz CT molecular complexity index is 1120. The summed E-state index contributed by atoms with van der Waals surface area (Å²) in [6.45, 7) is 2.17. The molecule has 5 rings (SSSR count). The zero-order valence-corrected chi connectivity index (χ0v) is 20.1. The molecule has 5 heterocycles. The van der Waals surface area contributed by atoms with Crippen LogP contribution in [0.25, 0.3) is 0 Å². The molecule has 2 bridgehead atoms. The van der Waals surface area contributed by atoms with Crippen LogP contribution in [0.5, 0.6) is 5.88 Å². The van der Waals surface area contributed by atoms with Crippen LogP contribution < -0.4 is 10.1 Å². The number of amides is 3. The third kappa shape index (κ3) is 5.00. The molecule has 3 aliphatic rings. The number of pyridine rings is 1. The van der Waals surface area contributed by atoms with Crippen molar-refractivity contribution in [2.45, 2.75) is 31.1 Å². The Morgan fingerprint density at radius 1 is 1.22 bits per heavy atom. The van der Waals surface area contributed by atoms with Crippen LogP contribution in [0.2, 0.25) is 0 Å². The van der Waals surface area contributed by atoms with Gasteiger partial charge in [0.2, 0.25) is 17.7 Å². The third-order valence-electron chi connectivity index (χ3n) is 6.84. The van der Waals surface area contributed by atoms with Crippen molar-refractivity contribution in [2.75, 3.05) is 46.5 Å². The highest BCUT2D eigenvalue weighted by Crippen LogP contribution is 2.26. The predicted octanol–water partition coefficient (Wildman–Crippen LogP) is -0.677. The number of carbonyl (C=O) groups excluding carboxylic acids is 3. The molecular formula is C24H29N7O5. The van der Waals surface area contributed by atoms with Crippen molar-refractivity contribution in [3.63, 3.8) is 0 Å². The van der Waals surface area contributed by atoms with Crippen molar-refractivity contribution in [2.24, 2.45) is 0 Å². The van der Waals surface area contributed by atoms with Crippen LogP contribution in [0.15, 0.2) is 37.1 Å². The first-order valence-electron chi connectivity index (χ1n) is 12.0. The van der Waals surface area contributed by atoms with Gasteiger partial charge in [0.05, 0.1) is 12.1 Å². The van der Waals surface area contributed by atoms with E-state index in [1.165, 1.54) is 13.4 Å². The lowest BCUT2D eigenvalue weighted by molar-refractivity contribution is -0.148. The van der Waals surface area contributed by atoms with Gasteiger partial charge in [-0.2, -0.15) is 0 Å². The first-order valence-corrected chi connectivity index (χ1v) is 12.0. The number of rotatable bonds is 4. The second-order valence-corrected chi connectivity index (χ2v) is 9.22. The molecule has 190 valence electrons. The van der Waals surface area contributed by atoms with Gasteiger partial charge in [-0.3, -0.25) is 19.3 Å². The molecule has 1 N–H and O–H groups in total. The smallest absolute Gasteiger partial charge is 0.257 e. The first kappa shape index (κ1) is 24.1. The lowest BCUT2D eigenvalue weighted by Crippen LogP contribution is -2.61. The van der Waals surface area contributed by atoms with Gasteiger partial charge in [-0.25, -0.2) is 15.0 Å². The molecule has 0 saturated carbocycles. The van der Waals surface area contributed by atoms with Gasteiger partial charge in [0.15, 0.2) is 0 Å². The van der Waals surface area contributed by atoms with Gasteiger partial charge in [-0.05, 0) is 18.6 Å². The number of nitrogens with one attached hydrogen (secondary N) is 1. The minimum atomic E-state index is -0.438. The highest BCUT2D eigenvalue weighted by Gasteiger charge is 2.43. The summed E-state index contributed by atoms with van der Waals surface area (Å²) < 4.78 is 11.0. The van der Waals surface area contributed by atoms with E-state index >= 15 is 0 Å². The molecule has 2 aromatic heterocycles. The first-order chi connectivity index (χ1) is 17.5. The van der Waals surface area contributed by atoms with E-state index in [4.69, 9.17) is 9.47 Å². The van der Waals surface area contributed by atoms with Gasteiger partial charge < -0.3 is 24.6 Å². The van der Waals surface area contributed by atoms with E-state index in [1.54, 1.807) is 35.6 Å². The van der Waals surface area contributed by atoms with Gasteiger partial charge in [0, 0.05) is 70.0 Å². The highest BCUT2D eigenvalue weighted by atomic mass is 16.5. The summed E-state index contributed by atoms with van der Waals surface area (Å²) >= 11 is 0. The van der Waals surface area contributed by atoms with E-state index in [-0.39, 0.29) is 42.9 Å². The Kier molecular flexibility index (Phi) is 7.05. The number of methoxy groups -OCH3 is 1. The van der Waals surface area contributed by atoms with E-state index < -0.39 is 12.1 Å². The lowest BCUT2D eigenvalue weighted by atomic mass is 10.1. The van der Waals surface area contributed by atoms with Crippen LogP contribution >= 0.6 is 0 Å². The number of likely N-dealkylation sites (tertiary alicyclic amines) is 1. The molecule has 0 radical (unpaired) electrons. The largest absolute Gasteiger partial charge is 0.475 e. The molecule has 3 aliphatic heterocycles.